The molecule has 0 aliphatic carbocycles. The molecule has 0 N–H and O–H groups in total. The third kappa shape index (κ3) is 2.77. The Morgan fingerprint density at radius 1 is 1.30 bits per heavy atom. The van der Waals surface area contributed by atoms with Crippen LogP contribution >= 0.6 is 0 Å². The first-order valence-electron chi connectivity index (χ1n) is 10.7. The molecule has 1 spiro atoms. The minimum absolute atomic E-state index is 0.0924. The van der Waals surface area contributed by atoms with Gasteiger partial charge in [-0.25, -0.2) is 0 Å². The quantitative estimate of drug-likeness (QED) is 0.800. The predicted octanol–water partition coefficient (Wildman–Crippen LogP) is 1.52. The second-order valence-electron chi connectivity index (χ2n) is 7.89. The maximum atomic E-state index is 12.7. The molecule has 5 rings (SSSR count). The highest BCUT2D eigenvalue weighted by atomic mass is 16.5. The molecule has 0 bridgehead atoms. The summed E-state index contributed by atoms with van der Waals surface area (Å²) in [4.78, 5) is 20.9. The average molecular weight is 368 g/mol. The SMILES string of the molecule is [2H]C([2H])([2H])c1cnc2c(c1)CN(c1nnc(C(=O)N3CC4(COC4)C3)cc1C)CC2. The molecule has 7 nitrogen and oxygen atoms in total. The number of likely N-dealkylation sites (tertiary alicyclic amines) is 1. The summed E-state index contributed by atoms with van der Waals surface area (Å²) >= 11 is 0. The number of rotatable bonds is 2. The van der Waals surface area contributed by atoms with E-state index >= 15 is 0 Å². The van der Waals surface area contributed by atoms with Crippen LogP contribution in [0.15, 0.2) is 18.3 Å². The fourth-order valence-corrected chi connectivity index (χ4v) is 4.15. The summed E-state index contributed by atoms with van der Waals surface area (Å²) in [6.07, 6.45) is 2.15. The van der Waals surface area contributed by atoms with Gasteiger partial charge >= 0.3 is 0 Å². The van der Waals surface area contributed by atoms with Crippen LogP contribution in [0.1, 0.15) is 37.0 Å². The molecule has 0 unspecified atom stereocenters. The molecule has 1 amide bonds. The van der Waals surface area contributed by atoms with Crippen molar-refractivity contribution in [3.05, 3.63) is 46.4 Å². The highest BCUT2D eigenvalue weighted by molar-refractivity contribution is 5.93. The van der Waals surface area contributed by atoms with Gasteiger partial charge in [0.2, 0.25) is 0 Å². The van der Waals surface area contributed by atoms with E-state index in [0.717, 1.165) is 43.1 Å². The Hall–Kier alpha value is -2.54. The van der Waals surface area contributed by atoms with E-state index in [9.17, 15) is 4.79 Å². The van der Waals surface area contributed by atoms with Gasteiger partial charge in [-0.05, 0) is 36.5 Å². The molecular formula is C20H23N5O2. The zero-order valence-electron chi connectivity index (χ0n) is 18.2. The summed E-state index contributed by atoms with van der Waals surface area (Å²) in [7, 11) is 0. The van der Waals surface area contributed by atoms with Crippen LogP contribution in [0.4, 0.5) is 5.82 Å². The summed E-state index contributed by atoms with van der Waals surface area (Å²) in [6, 6.07) is 3.51. The average Bonchev–Trinajstić information content (AvgIpc) is 2.64. The Labute approximate surface area is 162 Å². The minimum atomic E-state index is -2.18. The number of fused-ring (bicyclic) bond motifs is 1. The molecule has 0 radical (unpaired) electrons. The van der Waals surface area contributed by atoms with Crippen molar-refractivity contribution < 1.29 is 13.6 Å². The third-order valence-electron chi connectivity index (χ3n) is 5.67. The van der Waals surface area contributed by atoms with E-state index in [-0.39, 0.29) is 16.9 Å². The number of anilines is 1. The second-order valence-corrected chi connectivity index (χ2v) is 7.89. The van der Waals surface area contributed by atoms with Gasteiger partial charge in [0.15, 0.2) is 11.5 Å². The molecule has 2 aromatic heterocycles. The lowest BCUT2D eigenvalue weighted by Gasteiger charge is -2.54. The number of pyridine rings is 1. The van der Waals surface area contributed by atoms with E-state index in [2.05, 4.69) is 20.1 Å². The zero-order chi connectivity index (χ0) is 21.1. The third-order valence-corrected chi connectivity index (χ3v) is 5.67. The van der Waals surface area contributed by atoms with Gasteiger partial charge in [0, 0.05) is 48.6 Å². The lowest BCUT2D eigenvalue weighted by Crippen LogP contribution is -2.67. The Bertz CT molecular complexity index is 1010. The lowest BCUT2D eigenvalue weighted by atomic mass is 9.78. The maximum Gasteiger partial charge on any atom is 0.274 e. The first-order chi connectivity index (χ1) is 14.2. The van der Waals surface area contributed by atoms with E-state index in [4.69, 9.17) is 8.85 Å². The number of carbonyl (C=O) groups excluding carboxylic acids is 1. The highest BCUT2D eigenvalue weighted by Gasteiger charge is 2.51. The number of hydrogen-bond donors (Lipinski definition) is 0. The van der Waals surface area contributed by atoms with Crippen LogP contribution in [-0.2, 0) is 17.7 Å². The Kier molecular flexibility index (Phi) is 3.02. The minimum Gasteiger partial charge on any atom is -0.380 e. The van der Waals surface area contributed by atoms with Crippen molar-refractivity contribution >= 4 is 11.7 Å². The zero-order valence-corrected chi connectivity index (χ0v) is 15.2. The first-order valence-corrected chi connectivity index (χ1v) is 9.19. The molecule has 0 atom stereocenters. The van der Waals surface area contributed by atoms with Gasteiger partial charge in [0.05, 0.1) is 18.6 Å². The summed E-state index contributed by atoms with van der Waals surface area (Å²) in [5.74, 6) is 0.620. The van der Waals surface area contributed by atoms with Crippen LogP contribution in [0, 0.1) is 19.2 Å². The van der Waals surface area contributed by atoms with Crippen molar-refractivity contribution in [3.63, 3.8) is 0 Å². The van der Waals surface area contributed by atoms with E-state index < -0.39 is 6.85 Å². The van der Waals surface area contributed by atoms with Crippen molar-refractivity contribution in [2.75, 3.05) is 37.7 Å². The Balaban J connectivity index is 1.32. The molecule has 5 heterocycles. The molecule has 7 heteroatoms. The summed E-state index contributed by atoms with van der Waals surface area (Å²) < 4.78 is 28.1. The lowest BCUT2D eigenvalue weighted by molar-refractivity contribution is -0.176. The van der Waals surface area contributed by atoms with E-state index in [1.54, 1.807) is 17.0 Å². The number of nitrogens with zero attached hydrogens (tertiary/aromatic N) is 5. The fourth-order valence-electron chi connectivity index (χ4n) is 4.15. The number of hydrogen-bond acceptors (Lipinski definition) is 6. The largest absolute Gasteiger partial charge is 0.380 e. The van der Waals surface area contributed by atoms with Crippen molar-refractivity contribution in [1.82, 2.24) is 20.1 Å². The van der Waals surface area contributed by atoms with Gasteiger partial charge in [0.25, 0.3) is 5.91 Å². The van der Waals surface area contributed by atoms with Crippen molar-refractivity contribution in [1.29, 1.82) is 0 Å². The highest BCUT2D eigenvalue weighted by Crippen LogP contribution is 2.38. The van der Waals surface area contributed by atoms with Gasteiger partial charge in [-0.1, -0.05) is 6.07 Å². The van der Waals surface area contributed by atoms with Crippen LogP contribution in [0.2, 0.25) is 0 Å². The molecule has 0 aromatic carbocycles. The standard InChI is InChI=1S/C20H23N5O2/c1-13-5-15-8-24(4-3-16(15)21-7-13)18-14(2)6-17(22-23-18)19(26)25-9-20(10-25)11-27-12-20/h5-7H,3-4,8-12H2,1-2H3/i1D3. The van der Waals surface area contributed by atoms with Gasteiger partial charge in [-0.3, -0.25) is 9.78 Å². The molecule has 2 saturated heterocycles. The topological polar surface area (TPSA) is 71.5 Å². The molecule has 140 valence electrons. The maximum absolute atomic E-state index is 12.7. The number of aromatic nitrogens is 3. The number of carbonyl (C=O) groups is 1. The normalized spacial score (nSPS) is 22.2. The number of aryl methyl sites for hydroxylation is 2. The van der Waals surface area contributed by atoms with Crippen molar-refractivity contribution in [2.45, 2.75) is 26.7 Å². The van der Waals surface area contributed by atoms with Crippen molar-refractivity contribution in [2.24, 2.45) is 5.41 Å². The van der Waals surface area contributed by atoms with Gasteiger partial charge in [-0.2, -0.15) is 0 Å². The van der Waals surface area contributed by atoms with Crippen LogP contribution in [0.5, 0.6) is 0 Å². The molecule has 0 saturated carbocycles. The number of ether oxygens (including phenoxy) is 1. The fraction of sp³-hybridized carbons (Fsp3) is 0.500. The first kappa shape index (κ1) is 13.6. The number of amides is 1. The second kappa shape index (κ2) is 5.99. The van der Waals surface area contributed by atoms with E-state index in [1.807, 2.05) is 6.92 Å². The monoisotopic (exact) mass is 368 g/mol. The molecule has 2 aromatic rings. The molecule has 2 fully saturated rings. The van der Waals surface area contributed by atoms with E-state index in [1.165, 1.54) is 6.20 Å². The predicted molar refractivity (Wildman–Crippen MR) is 99.7 cm³/mol. The van der Waals surface area contributed by atoms with Crippen LogP contribution in [-0.4, -0.2) is 58.8 Å². The molecular weight excluding hydrogens is 342 g/mol. The molecule has 27 heavy (non-hydrogen) atoms. The van der Waals surface area contributed by atoms with Crippen LogP contribution in [0.25, 0.3) is 0 Å². The summed E-state index contributed by atoms with van der Waals surface area (Å²) in [5, 5.41) is 8.55. The Morgan fingerprint density at radius 3 is 2.85 bits per heavy atom. The van der Waals surface area contributed by atoms with Crippen molar-refractivity contribution in [3.8, 4) is 0 Å². The van der Waals surface area contributed by atoms with E-state index in [0.29, 0.717) is 31.0 Å². The summed E-state index contributed by atoms with van der Waals surface area (Å²) in [5.41, 5.74) is 3.46. The molecule has 3 aliphatic heterocycles. The molecule has 3 aliphatic rings. The van der Waals surface area contributed by atoms with Crippen LogP contribution < -0.4 is 4.90 Å². The van der Waals surface area contributed by atoms with Gasteiger partial charge in [0.1, 0.15) is 0 Å². The summed E-state index contributed by atoms with van der Waals surface area (Å²) in [6.45, 7) is 3.87. The van der Waals surface area contributed by atoms with Gasteiger partial charge < -0.3 is 14.5 Å². The van der Waals surface area contributed by atoms with Gasteiger partial charge in [-0.15, -0.1) is 10.2 Å². The van der Waals surface area contributed by atoms with Crippen LogP contribution in [0.3, 0.4) is 0 Å². The smallest absolute Gasteiger partial charge is 0.274 e. The Morgan fingerprint density at radius 2 is 2.15 bits per heavy atom.